The summed E-state index contributed by atoms with van der Waals surface area (Å²) in [7, 11) is 0. The molecule has 0 heterocycles. The fourth-order valence-corrected chi connectivity index (χ4v) is 1.18. The van der Waals surface area contributed by atoms with Gasteiger partial charge in [0.05, 0.1) is 12.7 Å². The lowest BCUT2D eigenvalue weighted by atomic mass is 10.3. The Labute approximate surface area is 67.4 Å². The summed E-state index contributed by atoms with van der Waals surface area (Å²) in [5.74, 6) is 1.66. The number of aliphatic hydroxyl groups is 2. The van der Waals surface area contributed by atoms with Crippen molar-refractivity contribution in [3.05, 3.63) is 0 Å². The summed E-state index contributed by atoms with van der Waals surface area (Å²) in [6.45, 7) is 3.58. The van der Waals surface area contributed by atoms with Crippen molar-refractivity contribution in [1.82, 2.24) is 5.32 Å². The highest BCUT2D eigenvalue weighted by molar-refractivity contribution is 4.84. The lowest BCUT2D eigenvalue weighted by Crippen LogP contribution is -2.30. The highest BCUT2D eigenvalue weighted by atomic mass is 16.3. The number of hydrogen-bond donors (Lipinski definition) is 3. The predicted octanol–water partition coefficient (Wildman–Crippen LogP) is -0.415. The molecular weight excluding hydrogens is 142 g/mol. The van der Waals surface area contributed by atoms with Crippen LogP contribution in [-0.4, -0.2) is 36.0 Å². The molecule has 11 heavy (non-hydrogen) atoms. The molecule has 3 unspecified atom stereocenters. The second-order valence-corrected chi connectivity index (χ2v) is 3.47. The Morgan fingerprint density at radius 1 is 1.64 bits per heavy atom. The van der Waals surface area contributed by atoms with Crippen LogP contribution in [0.1, 0.15) is 13.3 Å². The van der Waals surface area contributed by atoms with E-state index in [9.17, 15) is 0 Å². The first kappa shape index (κ1) is 8.97. The van der Waals surface area contributed by atoms with Gasteiger partial charge < -0.3 is 15.5 Å². The van der Waals surface area contributed by atoms with Crippen LogP contribution in [0.5, 0.6) is 0 Å². The zero-order valence-electron chi connectivity index (χ0n) is 6.95. The molecular formula is C8H17NO2. The van der Waals surface area contributed by atoms with E-state index in [0.29, 0.717) is 6.54 Å². The fourth-order valence-electron chi connectivity index (χ4n) is 1.18. The van der Waals surface area contributed by atoms with Crippen molar-refractivity contribution in [3.63, 3.8) is 0 Å². The van der Waals surface area contributed by atoms with Gasteiger partial charge in [0.15, 0.2) is 0 Å². The van der Waals surface area contributed by atoms with Crippen LogP contribution < -0.4 is 5.32 Å². The number of rotatable bonds is 5. The minimum absolute atomic E-state index is 0.146. The topological polar surface area (TPSA) is 52.5 Å². The van der Waals surface area contributed by atoms with Gasteiger partial charge in [-0.25, -0.2) is 0 Å². The molecule has 0 radical (unpaired) electrons. The molecule has 3 atom stereocenters. The summed E-state index contributed by atoms with van der Waals surface area (Å²) in [5, 5.41) is 20.5. The zero-order valence-corrected chi connectivity index (χ0v) is 6.95. The van der Waals surface area contributed by atoms with Gasteiger partial charge in [-0.05, 0) is 24.8 Å². The first-order valence-corrected chi connectivity index (χ1v) is 4.23. The van der Waals surface area contributed by atoms with Crippen molar-refractivity contribution in [2.45, 2.75) is 19.4 Å². The van der Waals surface area contributed by atoms with E-state index in [2.05, 4.69) is 12.2 Å². The SMILES string of the molecule is CC1CC1CNCC(O)CO. The van der Waals surface area contributed by atoms with Crippen LogP contribution in [0, 0.1) is 11.8 Å². The molecule has 1 rings (SSSR count). The molecule has 0 spiro atoms. The molecule has 3 heteroatoms. The Balaban J connectivity index is 1.88. The van der Waals surface area contributed by atoms with E-state index < -0.39 is 6.10 Å². The summed E-state index contributed by atoms with van der Waals surface area (Å²) in [5.41, 5.74) is 0. The highest BCUT2D eigenvalue weighted by Crippen LogP contribution is 2.36. The first-order valence-electron chi connectivity index (χ1n) is 4.23. The molecule has 1 saturated carbocycles. The van der Waals surface area contributed by atoms with Gasteiger partial charge in [0.25, 0.3) is 0 Å². The lowest BCUT2D eigenvalue weighted by molar-refractivity contribution is 0.0943. The second-order valence-electron chi connectivity index (χ2n) is 3.47. The number of hydrogen-bond acceptors (Lipinski definition) is 3. The van der Waals surface area contributed by atoms with Gasteiger partial charge in [-0.2, -0.15) is 0 Å². The Bertz CT molecular complexity index is 115. The Morgan fingerprint density at radius 2 is 2.27 bits per heavy atom. The quantitative estimate of drug-likeness (QED) is 0.511. The van der Waals surface area contributed by atoms with Crippen molar-refractivity contribution < 1.29 is 10.2 Å². The van der Waals surface area contributed by atoms with E-state index in [1.807, 2.05) is 0 Å². The van der Waals surface area contributed by atoms with E-state index in [1.54, 1.807) is 0 Å². The van der Waals surface area contributed by atoms with Crippen molar-refractivity contribution in [3.8, 4) is 0 Å². The number of nitrogens with one attached hydrogen (secondary N) is 1. The van der Waals surface area contributed by atoms with Crippen LogP contribution in [-0.2, 0) is 0 Å². The third-order valence-electron chi connectivity index (χ3n) is 2.27. The predicted molar refractivity (Wildman–Crippen MR) is 43.2 cm³/mol. The third-order valence-corrected chi connectivity index (χ3v) is 2.27. The molecule has 0 amide bonds. The molecule has 1 fully saturated rings. The summed E-state index contributed by atoms with van der Waals surface area (Å²) in [6.07, 6.45) is 0.714. The van der Waals surface area contributed by atoms with E-state index in [4.69, 9.17) is 10.2 Å². The van der Waals surface area contributed by atoms with Gasteiger partial charge >= 0.3 is 0 Å². The number of aliphatic hydroxyl groups excluding tert-OH is 2. The van der Waals surface area contributed by atoms with Crippen LogP contribution in [0.25, 0.3) is 0 Å². The minimum atomic E-state index is -0.593. The van der Waals surface area contributed by atoms with E-state index in [1.165, 1.54) is 6.42 Å². The first-order chi connectivity index (χ1) is 5.24. The van der Waals surface area contributed by atoms with Crippen LogP contribution in [0.15, 0.2) is 0 Å². The van der Waals surface area contributed by atoms with Gasteiger partial charge in [0, 0.05) is 6.54 Å². The van der Waals surface area contributed by atoms with E-state index >= 15 is 0 Å². The molecule has 3 N–H and O–H groups in total. The standard InChI is InChI=1S/C8H17NO2/c1-6-2-7(6)3-9-4-8(11)5-10/h6-11H,2-5H2,1H3. The average Bonchev–Trinajstić information content (AvgIpc) is 2.66. The van der Waals surface area contributed by atoms with Gasteiger partial charge in [-0.1, -0.05) is 6.92 Å². The molecule has 0 aliphatic heterocycles. The van der Waals surface area contributed by atoms with Crippen molar-refractivity contribution >= 4 is 0 Å². The third kappa shape index (κ3) is 3.18. The molecule has 1 aliphatic carbocycles. The molecule has 0 aromatic rings. The Morgan fingerprint density at radius 3 is 2.73 bits per heavy atom. The molecule has 3 nitrogen and oxygen atoms in total. The van der Waals surface area contributed by atoms with Crippen molar-refractivity contribution in [1.29, 1.82) is 0 Å². The normalized spacial score (nSPS) is 31.9. The molecule has 0 saturated heterocycles. The van der Waals surface area contributed by atoms with E-state index in [0.717, 1.165) is 18.4 Å². The summed E-state index contributed by atoms with van der Waals surface area (Å²) >= 11 is 0. The van der Waals surface area contributed by atoms with Gasteiger partial charge in [-0.3, -0.25) is 0 Å². The monoisotopic (exact) mass is 159 g/mol. The van der Waals surface area contributed by atoms with Crippen molar-refractivity contribution in [2.24, 2.45) is 11.8 Å². The van der Waals surface area contributed by atoms with Crippen LogP contribution in [0.3, 0.4) is 0 Å². The molecule has 0 aromatic carbocycles. The maximum atomic E-state index is 8.94. The average molecular weight is 159 g/mol. The highest BCUT2D eigenvalue weighted by Gasteiger charge is 2.31. The molecule has 1 aliphatic rings. The van der Waals surface area contributed by atoms with Gasteiger partial charge in [0.2, 0.25) is 0 Å². The van der Waals surface area contributed by atoms with Gasteiger partial charge in [-0.15, -0.1) is 0 Å². The molecule has 0 bridgehead atoms. The zero-order chi connectivity index (χ0) is 8.27. The summed E-state index contributed by atoms with van der Waals surface area (Å²) in [6, 6.07) is 0. The molecule has 66 valence electrons. The summed E-state index contributed by atoms with van der Waals surface area (Å²) in [4.78, 5) is 0. The maximum Gasteiger partial charge on any atom is 0.0894 e. The minimum Gasteiger partial charge on any atom is -0.394 e. The Kier molecular flexibility index (Phi) is 3.30. The molecule has 0 aromatic heterocycles. The fraction of sp³-hybridized carbons (Fsp3) is 1.00. The second kappa shape index (κ2) is 4.04. The maximum absolute atomic E-state index is 8.94. The van der Waals surface area contributed by atoms with Crippen LogP contribution in [0.4, 0.5) is 0 Å². The van der Waals surface area contributed by atoms with Crippen LogP contribution in [0.2, 0.25) is 0 Å². The van der Waals surface area contributed by atoms with Gasteiger partial charge in [0.1, 0.15) is 0 Å². The lowest BCUT2D eigenvalue weighted by Gasteiger charge is -2.07. The largest absolute Gasteiger partial charge is 0.394 e. The smallest absolute Gasteiger partial charge is 0.0894 e. The summed E-state index contributed by atoms with van der Waals surface area (Å²) < 4.78 is 0. The Hall–Kier alpha value is -0.120. The van der Waals surface area contributed by atoms with Crippen LogP contribution >= 0.6 is 0 Å². The van der Waals surface area contributed by atoms with E-state index in [-0.39, 0.29) is 6.61 Å². The van der Waals surface area contributed by atoms with Crippen molar-refractivity contribution in [2.75, 3.05) is 19.7 Å².